The quantitative estimate of drug-likeness (QED) is 0.538. The summed E-state index contributed by atoms with van der Waals surface area (Å²) >= 11 is 0. The number of nitrogens with zero attached hydrogens (tertiary/aromatic N) is 2. The van der Waals surface area contributed by atoms with Crippen molar-refractivity contribution in [3.8, 4) is 5.75 Å². The van der Waals surface area contributed by atoms with Crippen LogP contribution in [0.3, 0.4) is 0 Å². The molecular weight excluding hydrogens is 416 g/mol. The van der Waals surface area contributed by atoms with Gasteiger partial charge in [-0.05, 0) is 36.4 Å². The molecule has 10 heteroatoms. The number of hydrogen-bond acceptors (Lipinski definition) is 7. The number of para-hydroxylation sites is 1. The van der Waals surface area contributed by atoms with Crippen LogP contribution in [-0.4, -0.2) is 41.2 Å². The van der Waals surface area contributed by atoms with Gasteiger partial charge in [0, 0.05) is 19.2 Å². The second-order valence-corrected chi connectivity index (χ2v) is 6.80. The van der Waals surface area contributed by atoms with E-state index in [1.165, 1.54) is 11.7 Å². The molecular formula is C22H22N4O6. The van der Waals surface area contributed by atoms with Gasteiger partial charge in [0.2, 0.25) is 0 Å². The van der Waals surface area contributed by atoms with E-state index in [2.05, 4.69) is 15.6 Å². The van der Waals surface area contributed by atoms with Gasteiger partial charge in [-0.25, -0.2) is 9.78 Å². The smallest absolute Gasteiger partial charge is 0.325 e. The van der Waals surface area contributed by atoms with Crippen molar-refractivity contribution < 1.29 is 23.9 Å². The molecule has 0 aliphatic heterocycles. The molecule has 0 fully saturated rings. The summed E-state index contributed by atoms with van der Waals surface area (Å²) in [5.41, 5.74) is 0.795. The molecule has 2 aromatic carbocycles. The maximum Gasteiger partial charge on any atom is 0.325 e. The van der Waals surface area contributed by atoms with Gasteiger partial charge in [-0.3, -0.25) is 24.3 Å². The summed E-state index contributed by atoms with van der Waals surface area (Å²) in [6.07, 6.45) is 0.0823. The number of carbonyl (C=O) groups excluding carboxylic acids is 3. The summed E-state index contributed by atoms with van der Waals surface area (Å²) in [7, 11) is 3.10. The molecule has 0 spiro atoms. The number of hydrogen-bond donors (Lipinski definition) is 2. The molecule has 1 aromatic heterocycles. The van der Waals surface area contributed by atoms with E-state index in [1.807, 2.05) is 0 Å². The van der Waals surface area contributed by atoms with Crippen LogP contribution in [0.4, 0.5) is 10.5 Å². The average Bonchev–Trinajstić information content (AvgIpc) is 2.79. The Bertz CT molecular complexity index is 1200. The second-order valence-electron chi connectivity index (χ2n) is 6.80. The Morgan fingerprint density at radius 2 is 1.78 bits per heavy atom. The summed E-state index contributed by atoms with van der Waals surface area (Å²) in [5, 5.41) is 5.04. The van der Waals surface area contributed by atoms with Gasteiger partial charge in [0.25, 0.3) is 11.5 Å². The first-order chi connectivity index (χ1) is 15.4. The number of nitrogens with one attached hydrogen (secondary N) is 2. The van der Waals surface area contributed by atoms with Crippen molar-refractivity contribution in [2.45, 2.75) is 12.8 Å². The van der Waals surface area contributed by atoms with Crippen LogP contribution in [0.25, 0.3) is 10.9 Å². The Hall–Kier alpha value is -4.21. The summed E-state index contributed by atoms with van der Waals surface area (Å²) in [6.45, 7) is -0.612. The number of ether oxygens (including phenoxy) is 2. The van der Waals surface area contributed by atoms with Gasteiger partial charge in [0.15, 0.2) is 6.61 Å². The molecule has 2 N–H and O–H groups in total. The van der Waals surface area contributed by atoms with E-state index in [-0.39, 0.29) is 18.4 Å². The largest absolute Gasteiger partial charge is 0.497 e. The standard InChI is InChI=1S/C22H22N4O6/c1-26-18(24-17-6-4-3-5-16(17)21(26)29)11-12-20(28)32-13-19(27)25-22(30)23-14-7-9-15(31-2)10-8-14/h3-10H,11-13H2,1-2H3,(H2,23,25,27,30). The minimum absolute atomic E-state index is 0.0794. The van der Waals surface area contributed by atoms with Crippen LogP contribution in [-0.2, 0) is 27.8 Å². The molecule has 166 valence electrons. The van der Waals surface area contributed by atoms with Crippen LogP contribution in [0, 0.1) is 0 Å². The highest BCUT2D eigenvalue weighted by molar-refractivity contribution is 6.01. The van der Waals surface area contributed by atoms with E-state index in [4.69, 9.17) is 9.47 Å². The number of fused-ring (bicyclic) bond motifs is 1. The predicted molar refractivity (Wildman–Crippen MR) is 116 cm³/mol. The number of rotatable bonds is 7. The highest BCUT2D eigenvalue weighted by Gasteiger charge is 2.13. The van der Waals surface area contributed by atoms with Crippen molar-refractivity contribution in [3.63, 3.8) is 0 Å². The van der Waals surface area contributed by atoms with Gasteiger partial charge in [0.05, 0.1) is 24.4 Å². The van der Waals surface area contributed by atoms with Gasteiger partial charge in [-0.2, -0.15) is 0 Å². The lowest BCUT2D eigenvalue weighted by molar-refractivity contribution is -0.148. The highest BCUT2D eigenvalue weighted by Crippen LogP contribution is 2.14. The zero-order valence-corrected chi connectivity index (χ0v) is 17.6. The lowest BCUT2D eigenvalue weighted by Crippen LogP contribution is -2.37. The fraction of sp³-hybridized carbons (Fsp3) is 0.227. The zero-order valence-electron chi connectivity index (χ0n) is 17.6. The van der Waals surface area contributed by atoms with Crippen LogP contribution >= 0.6 is 0 Å². The third-order valence-electron chi connectivity index (χ3n) is 4.59. The van der Waals surface area contributed by atoms with Crippen molar-refractivity contribution in [3.05, 3.63) is 64.7 Å². The molecule has 1 heterocycles. The molecule has 0 aliphatic rings. The highest BCUT2D eigenvalue weighted by atomic mass is 16.5. The Morgan fingerprint density at radius 1 is 1.06 bits per heavy atom. The number of anilines is 1. The van der Waals surface area contributed by atoms with E-state index < -0.39 is 24.5 Å². The van der Waals surface area contributed by atoms with Crippen LogP contribution in [0.15, 0.2) is 53.3 Å². The predicted octanol–water partition coefficient (Wildman–Crippen LogP) is 1.77. The molecule has 0 saturated heterocycles. The van der Waals surface area contributed by atoms with E-state index in [9.17, 15) is 19.2 Å². The summed E-state index contributed by atoms with van der Waals surface area (Å²) < 4.78 is 11.3. The lowest BCUT2D eigenvalue weighted by Gasteiger charge is -2.10. The molecule has 0 radical (unpaired) electrons. The maximum atomic E-state index is 12.4. The van der Waals surface area contributed by atoms with Crippen molar-refractivity contribution in [2.75, 3.05) is 19.0 Å². The maximum absolute atomic E-state index is 12.4. The topological polar surface area (TPSA) is 129 Å². The van der Waals surface area contributed by atoms with Gasteiger partial charge in [0.1, 0.15) is 11.6 Å². The van der Waals surface area contributed by atoms with Crippen LogP contribution < -0.4 is 20.9 Å². The first-order valence-corrected chi connectivity index (χ1v) is 9.72. The molecule has 0 atom stereocenters. The van der Waals surface area contributed by atoms with Crippen molar-refractivity contribution in [1.82, 2.24) is 14.9 Å². The summed E-state index contributed by atoms with van der Waals surface area (Å²) in [4.78, 5) is 52.5. The van der Waals surface area contributed by atoms with E-state index in [1.54, 1.807) is 55.6 Å². The first-order valence-electron chi connectivity index (χ1n) is 9.72. The number of aryl methyl sites for hydroxylation is 1. The fourth-order valence-electron chi connectivity index (χ4n) is 2.92. The molecule has 3 amide bonds. The molecule has 0 aliphatic carbocycles. The first kappa shape index (κ1) is 22.5. The summed E-state index contributed by atoms with van der Waals surface area (Å²) in [5.74, 6) is -0.384. The van der Waals surface area contributed by atoms with Crippen LogP contribution in [0.1, 0.15) is 12.2 Å². The number of urea groups is 1. The molecule has 32 heavy (non-hydrogen) atoms. The fourth-order valence-corrected chi connectivity index (χ4v) is 2.92. The zero-order chi connectivity index (χ0) is 23.1. The Kier molecular flexibility index (Phi) is 7.17. The Morgan fingerprint density at radius 3 is 2.50 bits per heavy atom. The molecule has 3 aromatic rings. The SMILES string of the molecule is COc1ccc(NC(=O)NC(=O)COC(=O)CCc2nc3ccccc3c(=O)n2C)cc1. The van der Waals surface area contributed by atoms with Gasteiger partial charge in [-0.15, -0.1) is 0 Å². The number of methoxy groups -OCH3 is 1. The molecule has 0 bridgehead atoms. The second kappa shape index (κ2) is 10.2. The third-order valence-corrected chi connectivity index (χ3v) is 4.59. The monoisotopic (exact) mass is 438 g/mol. The van der Waals surface area contributed by atoms with Crippen LogP contribution in [0.2, 0.25) is 0 Å². The van der Waals surface area contributed by atoms with Crippen molar-refractivity contribution >= 4 is 34.5 Å². The third kappa shape index (κ3) is 5.69. The number of esters is 1. The van der Waals surface area contributed by atoms with Gasteiger partial charge >= 0.3 is 12.0 Å². The van der Waals surface area contributed by atoms with E-state index in [0.717, 1.165) is 0 Å². The minimum atomic E-state index is -0.777. The normalized spacial score (nSPS) is 10.4. The van der Waals surface area contributed by atoms with E-state index >= 15 is 0 Å². The van der Waals surface area contributed by atoms with Crippen LogP contribution in [0.5, 0.6) is 5.75 Å². The number of amides is 3. The molecule has 0 saturated carbocycles. The summed E-state index contributed by atoms with van der Waals surface area (Å²) in [6, 6.07) is 12.7. The van der Waals surface area contributed by atoms with Gasteiger partial charge < -0.3 is 14.8 Å². The van der Waals surface area contributed by atoms with Crippen molar-refractivity contribution in [1.29, 1.82) is 0 Å². The molecule has 0 unspecified atom stereocenters. The number of imide groups is 1. The Labute approximate surface area is 183 Å². The van der Waals surface area contributed by atoms with E-state index in [0.29, 0.717) is 28.2 Å². The average molecular weight is 438 g/mol. The number of benzene rings is 2. The molecule has 10 nitrogen and oxygen atoms in total. The van der Waals surface area contributed by atoms with Crippen molar-refractivity contribution in [2.24, 2.45) is 7.05 Å². The van der Waals surface area contributed by atoms with Gasteiger partial charge in [-0.1, -0.05) is 12.1 Å². The lowest BCUT2D eigenvalue weighted by atomic mass is 10.2. The number of aromatic nitrogens is 2. The Balaban J connectivity index is 1.46. The minimum Gasteiger partial charge on any atom is -0.497 e. The molecule has 3 rings (SSSR count). The number of carbonyl (C=O) groups is 3.